The van der Waals surface area contributed by atoms with E-state index in [9.17, 15) is 4.79 Å². The quantitative estimate of drug-likeness (QED) is 0.804. The van der Waals surface area contributed by atoms with Crippen molar-refractivity contribution < 1.29 is 4.74 Å². The molecule has 2 aromatic heterocycles. The Labute approximate surface area is 106 Å². The highest BCUT2D eigenvalue weighted by molar-refractivity contribution is 5.15. The fourth-order valence-electron chi connectivity index (χ4n) is 1.82. The normalized spacial score (nSPS) is 10.6. The maximum atomic E-state index is 12.0. The zero-order chi connectivity index (χ0) is 13.0. The molecular weight excluding hydrogens is 230 g/mol. The standard InChI is InChI=1S/C13H17N3O2/c1-3-7-15-8-9-16(13(15)17)10-11-5-4-6-12(14-11)18-2/h4-6,8-9H,3,7,10H2,1-2H3. The second-order valence-electron chi connectivity index (χ2n) is 4.07. The third-order valence-electron chi connectivity index (χ3n) is 2.71. The molecule has 0 atom stereocenters. The van der Waals surface area contributed by atoms with E-state index in [-0.39, 0.29) is 5.69 Å². The lowest BCUT2D eigenvalue weighted by Gasteiger charge is -2.03. The number of hydrogen-bond acceptors (Lipinski definition) is 3. The summed E-state index contributed by atoms with van der Waals surface area (Å²) in [5, 5.41) is 0. The molecule has 0 saturated carbocycles. The molecule has 0 bridgehead atoms. The average molecular weight is 247 g/mol. The Morgan fingerprint density at radius 1 is 1.28 bits per heavy atom. The first-order valence-corrected chi connectivity index (χ1v) is 6.00. The number of nitrogens with zero attached hydrogens (tertiary/aromatic N) is 3. The molecule has 0 aliphatic rings. The molecule has 0 unspecified atom stereocenters. The van der Waals surface area contributed by atoms with Crippen molar-refractivity contribution in [2.75, 3.05) is 7.11 Å². The van der Waals surface area contributed by atoms with E-state index >= 15 is 0 Å². The van der Waals surface area contributed by atoms with E-state index in [1.165, 1.54) is 0 Å². The van der Waals surface area contributed by atoms with Crippen molar-refractivity contribution in [2.45, 2.75) is 26.4 Å². The SMILES string of the molecule is CCCn1ccn(Cc2cccc(OC)n2)c1=O. The lowest BCUT2D eigenvalue weighted by molar-refractivity contribution is 0.395. The third kappa shape index (κ3) is 2.61. The van der Waals surface area contributed by atoms with Crippen LogP contribution in [0.1, 0.15) is 19.0 Å². The fraction of sp³-hybridized carbons (Fsp3) is 0.385. The van der Waals surface area contributed by atoms with Gasteiger partial charge in [0, 0.05) is 25.0 Å². The third-order valence-corrected chi connectivity index (χ3v) is 2.71. The number of hydrogen-bond donors (Lipinski definition) is 0. The zero-order valence-corrected chi connectivity index (χ0v) is 10.7. The molecule has 0 spiro atoms. The number of aryl methyl sites for hydroxylation is 1. The summed E-state index contributed by atoms with van der Waals surface area (Å²) in [6, 6.07) is 5.54. The van der Waals surface area contributed by atoms with Crippen molar-refractivity contribution in [1.82, 2.24) is 14.1 Å². The number of methoxy groups -OCH3 is 1. The van der Waals surface area contributed by atoms with E-state index in [4.69, 9.17) is 4.74 Å². The van der Waals surface area contributed by atoms with Gasteiger partial charge in [-0.05, 0) is 12.5 Å². The molecule has 0 amide bonds. The predicted molar refractivity (Wildman–Crippen MR) is 68.9 cm³/mol. The number of ether oxygens (including phenoxy) is 1. The molecule has 0 aromatic carbocycles. The van der Waals surface area contributed by atoms with Crippen LogP contribution in [0.15, 0.2) is 35.4 Å². The van der Waals surface area contributed by atoms with Crippen LogP contribution in [-0.2, 0) is 13.1 Å². The Kier molecular flexibility index (Phi) is 3.82. The van der Waals surface area contributed by atoms with Gasteiger partial charge in [-0.1, -0.05) is 13.0 Å². The molecule has 0 aliphatic carbocycles. The Bertz CT molecular complexity index is 572. The maximum Gasteiger partial charge on any atom is 0.328 e. The molecule has 96 valence electrons. The van der Waals surface area contributed by atoms with Crippen molar-refractivity contribution in [3.8, 4) is 5.88 Å². The van der Waals surface area contributed by atoms with Crippen molar-refractivity contribution in [3.05, 3.63) is 46.8 Å². The Hall–Kier alpha value is -2.04. The van der Waals surface area contributed by atoms with Crippen LogP contribution in [0, 0.1) is 0 Å². The molecule has 5 heteroatoms. The minimum Gasteiger partial charge on any atom is -0.481 e. The molecule has 0 N–H and O–H groups in total. The molecule has 0 fully saturated rings. The molecule has 5 nitrogen and oxygen atoms in total. The Morgan fingerprint density at radius 2 is 2.06 bits per heavy atom. The minimum atomic E-state index is 0.00136. The predicted octanol–water partition coefficient (Wildman–Crippen LogP) is 1.51. The van der Waals surface area contributed by atoms with Gasteiger partial charge in [0.05, 0.1) is 19.3 Å². The van der Waals surface area contributed by atoms with Gasteiger partial charge in [0.15, 0.2) is 0 Å². The maximum absolute atomic E-state index is 12.0. The van der Waals surface area contributed by atoms with E-state index < -0.39 is 0 Å². The molecule has 2 rings (SSSR count). The van der Waals surface area contributed by atoms with E-state index in [0.717, 1.165) is 18.7 Å². The van der Waals surface area contributed by atoms with Crippen molar-refractivity contribution in [3.63, 3.8) is 0 Å². The number of rotatable bonds is 5. The van der Waals surface area contributed by atoms with Crippen LogP contribution >= 0.6 is 0 Å². The van der Waals surface area contributed by atoms with Crippen LogP contribution in [0.25, 0.3) is 0 Å². The van der Waals surface area contributed by atoms with Gasteiger partial charge in [0.25, 0.3) is 0 Å². The average Bonchev–Trinajstić information content (AvgIpc) is 2.72. The highest BCUT2D eigenvalue weighted by Crippen LogP contribution is 2.07. The molecule has 0 radical (unpaired) electrons. The van der Waals surface area contributed by atoms with Crippen LogP contribution in [0.2, 0.25) is 0 Å². The minimum absolute atomic E-state index is 0.00136. The second-order valence-corrected chi connectivity index (χ2v) is 4.07. The monoisotopic (exact) mass is 247 g/mol. The van der Waals surface area contributed by atoms with Gasteiger partial charge in [0.1, 0.15) is 0 Å². The van der Waals surface area contributed by atoms with E-state index in [2.05, 4.69) is 4.98 Å². The van der Waals surface area contributed by atoms with Crippen LogP contribution in [0.5, 0.6) is 5.88 Å². The Balaban J connectivity index is 2.20. The summed E-state index contributed by atoms with van der Waals surface area (Å²) in [5.41, 5.74) is 0.812. The first-order valence-electron chi connectivity index (χ1n) is 6.00. The first-order chi connectivity index (χ1) is 8.74. The van der Waals surface area contributed by atoms with Crippen molar-refractivity contribution in [1.29, 1.82) is 0 Å². The van der Waals surface area contributed by atoms with Gasteiger partial charge < -0.3 is 4.74 Å². The summed E-state index contributed by atoms with van der Waals surface area (Å²) in [6.07, 6.45) is 4.55. The van der Waals surface area contributed by atoms with Gasteiger partial charge in [-0.15, -0.1) is 0 Å². The van der Waals surface area contributed by atoms with E-state index in [1.807, 2.05) is 25.3 Å². The van der Waals surface area contributed by atoms with Gasteiger partial charge >= 0.3 is 5.69 Å². The van der Waals surface area contributed by atoms with E-state index in [1.54, 1.807) is 28.5 Å². The van der Waals surface area contributed by atoms with Crippen LogP contribution in [-0.4, -0.2) is 21.2 Å². The van der Waals surface area contributed by atoms with Gasteiger partial charge in [-0.25, -0.2) is 9.78 Å². The summed E-state index contributed by atoms with van der Waals surface area (Å²) in [5.74, 6) is 0.563. The number of pyridine rings is 1. The molecule has 2 heterocycles. The van der Waals surface area contributed by atoms with Gasteiger partial charge in [-0.2, -0.15) is 0 Å². The summed E-state index contributed by atoms with van der Waals surface area (Å²) >= 11 is 0. The summed E-state index contributed by atoms with van der Waals surface area (Å²) in [7, 11) is 1.58. The Morgan fingerprint density at radius 3 is 2.78 bits per heavy atom. The summed E-state index contributed by atoms with van der Waals surface area (Å²) < 4.78 is 8.42. The molecule has 0 saturated heterocycles. The van der Waals surface area contributed by atoms with Crippen LogP contribution < -0.4 is 10.4 Å². The smallest absolute Gasteiger partial charge is 0.328 e. The molecular formula is C13H17N3O2. The van der Waals surface area contributed by atoms with Gasteiger partial charge in [-0.3, -0.25) is 9.13 Å². The number of aromatic nitrogens is 3. The summed E-state index contributed by atoms with van der Waals surface area (Å²) in [4.78, 5) is 16.3. The molecule has 0 aliphatic heterocycles. The molecule has 2 aromatic rings. The highest BCUT2D eigenvalue weighted by Gasteiger charge is 2.04. The fourth-order valence-corrected chi connectivity index (χ4v) is 1.82. The topological polar surface area (TPSA) is 49.0 Å². The van der Waals surface area contributed by atoms with Crippen LogP contribution in [0.4, 0.5) is 0 Å². The van der Waals surface area contributed by atoms with E-state index in [0.29, 0.717) is 12.4 Å². The lowest BCUT2D eigenvalue weighted by atomic mass is 10.3. The first kappa shape index (κ1) is 12.4. The number of imidazole rings is 1. The van der Waals surface area contributed by atoms with Crippen LogP contribution in [0.3, 0.4) is 0 Å². The highest BCUT2D eigenvalue weighted by atomic mass is 16.5. The lowest BCUT2D eigenvalue weighted by Crippen LogP contribution is -2.24. The zero-order valence-electron chi connectivity index (χ0n) is 10.7. The largest absolute Gasteiger partial charge is 0.481 e. The summed E-state index contributed by atoms with van der Waals surface area (Å²) in [6.45, 7) is 3.26. The van der Waals surface area contributed by atoms with Crippen molar-refractivity contribution >= 4 is 0 Å². The van der Waals surface area contributed by atoms with Crippen molar-refractivity contribution in [2.24, 2.45) is 0 Å². The second kappa shape index (κ2) is 5.53. The van der Waals surface area contributed by atoms with Gasteiger partial charge in [0.2, 0.25) is 5.88 Å². The molecule has 18 heavy (non-hydrogen) atoms.